The Bertz CT molecular complexity index is 199. The second-order valence-corrected chi connectivity index (χ2v) is 3.00. The monoisotopic (exact) mass is 166 g/mol. The normalized spacial score (nSPS) is 18.8. The van der Waals surface area contributed by atoms with Crippen molar-refractivity contribution in [2.75, 3.05) is 20.1 Å². The molecule has 1 aliphatic heterocycles. The van der Waals surface area contributed by atoms with Crippen LogP contribution in [0.15, 0.2) is 0 Å². The van der Waals surface area contributed by atoms with Crippen molar-refractivity contribution in [3.63, 3.8) is 0 Å². The summed E-state index contributed by atoms with van der Waals surface area (Å²) in [5.74, 6) is 1.96. The lowest BCUT2D eigenvalue weighted by atomic mass is 10.1. The molecule has 0 atom stereocenters. The molecule has 66 valence electrons. The van der Waals surface area contributed by atoms with Gasteiger partial charge in [0.15, 0.2) is 0 Å². The summed E-state index contributed by atoms with van der Waals surface area (Å²) in [7, 11) is 1.95. The Labute approximate surface area is 73.1 Å². The van der Waals surface area contributed by atoms with Gasteiger partial charge in [-0.1, -0.05) is 0 Å². The molecule has 12 heavy (non-hydrogen) atoms. The fourth-order valence-corrected chi connectivity index (χ4v) is 1.46. The van der Waals surface area contributed by atoms with Crippen LogP contribution in [0.25, 0.3) is 0 Å². The highest BCUT2D eigenvalue weighted by atomic mass is 16.2. The molecular weight excluding hydrogens is 152 g/mol. The van der Waals surface area contributed by atoms with Gasteiger partial charge in [-0.25, -0.2) is 0 Å². The first kappa shape index (κ1) is 9.08. The highest BCUT2D eigenvalue weighted by Gasteiger charge is 2.19. The zero-order chi connectivity index (χ0) is 8.97. The minimum absolute atomic E-state index is 0.176. The fraction of sp³-hybridized carbons (Fsp3) is 0.667. The van der Waals surface area contributed by atoms with E-state index in [9.17, 15) is 4.79 Å². The Kier molecular flexibility index (Phi) is 3.12. The van der Waals surface area contributed by atoms with Crippen LogP contribution in [0.1, 0.15) is 12.8 Å². The van der Waals surface area contributed by atoms with E-state index in [2.05, 4.69) is 11.2 Å². The van der Waals surface area contributed by atoms with Gasteiger partial charge in [0.1, 0.15) is 0 Å². The average Bonchev–Trinajstić information content (AvgIpc) is 2.17. The standard InChI is InChI=1S/C9H14N2O/c1-3-9(12)11-6-4-8(10-2)5-7-11/h1,8,10H,4-7H2,2H3. The van der Waals surface area contributed by atoms with Crippen molar-refractivity contribution in [1.82, 2.24) is 10.2 Å². The third-order valence-corrected chi connectivity index (χ3v) is 2.31. The summed E-state index contributed by atoms with van der Waals surface area (Å²) < 4.78 is 0. The van der Waals surface area contributed by atoms with Crippen LogP contribution in [-0.2, 0) is 4.79 Å². The molecule has 0 aromatic carbocycles. The number of carbonyl (C=O) groups excluding carboxylic acids is 1. The van der Waals surface area contributed by atoms with Gasteiger partial charge in [-0.3, -0.25) is 4.79 Å². The van der Waals surface area contributed by atoms with Crippen molar-refractivity contribution in [2.45, 2.75) is 18.9 Å². The van der Waals surface area contributed by atoms with E-state index in [0.717, 1.165) is 25.9 Å². The zero-order valence-electron chi connectivity index (χ0n) is 7.34. The number of nitrogens with one attached hydrogen (secondary N) is 1. The SMILES string of the molecule is C#CC(=O)N1CCC(NC)CC1. The zero-order valence-corrected chi connectivity index (χ0v) is 7.34. The fourth-order valence-electron chi connectivity index (χ4n) is 1.46. The van der Waals surface area contributed by atoms with Crippen molar-refractivity contribution in [3.8, 4) is 12.3 Å². The largest absolute Gasteiger partial charge is 0.332 e. The van der Waals surface area contributed by atoms with E-state index in [0.29, 0.717) is 6.04 Å². The predicted molar refractivity (Wildman–Crippen MR) is 47.5 cm³/mol. The summed E-state index contributed by atoms with van der Waals surface area (Å²) in [6.07, 6.45) is 7.02. The van der Waals surface area contributed by atoms with E-state index in [1.54, 1.807) is 4.90 Å². The van der Waals surface area contributed by atoms with E-state index in [-0.39, 0.29) is 5.91 Å². The Morgan fingerprint density at radius 1 is 1.58 bits per heavy atom. The van der Waals surface area contributed by atoms with E-state index >= 15 is 0 Å². The molecule has 1 saturated heterocycles. The van der Waals surface area contributed by atoms with Gasteiger partial charge in [-0.2, -0.15) is 0 Å². The minimum Gasteiger partial charge on any atom is -0.332 e. The van der Waals surface area contributed by atoms with Crippen LogP contribution in [-0.4, -0.2) is 37.0 Å². The first-order valence-electron chi connectivity index (χ1n) is 4.20. The number of carbonyl (C=O) groups is 1. The lowest BCUT2D eigenvalue weighted by Crippen LogP contribution is -2.43. The van der Waals surface area contributed by atoms with E-state index < -0.39 is 0 Å². The van der Waals surface area contributed by atoms with Gasteiger partial charge < -0.3 is 10.2 Å². The Morgan fingerprint density at radius 2 is 2.17 bits per heavy atom. The predicted octanol–water partition coefficient (Wildman–Crippen LogP) is -0.170. The highest BCUT2D eigenvalue weighted by Crippen LogP contribution is 2.09. The first-order valence-corrected chi connectivity index (χ1v) is 4.20. The number of hydrogen-bond acceptors (Lipinski definition) is 2. The molecule has 0 unspecified atom stereocenters. The molecule has 1 aliphatic rings. The van der Waals surface area contributed by atoms with Gasteiger partial charge in [-0.05, 0) is 25.8 Å². The maximum absolute atomic E-state index is 11.0. The molecule has 1 amide bonds. The van der Waals surface area contributed by atoms with Gasteiger partial charge >= 0.3 is 0 Å². The van der Waals surface area contributed by atoms with Gasteiger partial charge in [0.2, 0.25) is 0 Å². The van der Waals surface area contributed by atoms with Crippen molar-refractivity contribution < 1.29 is 4.79 Å². The Balaban J connectivity index is 2.37. The highest BCUT2D eigenvalue weighted by molar-refractivity contribution is 5.92. The summed E-state index contributed by atoms with van der Waals surface area (Å²) >= 11 is 0. The van der Waals surface area contributed by atoms with Gasteiger partial charge in [-0.15, -0.1) is 6.42 Å². The van der Waals surface area contributed by atoms with E-state index in [4.69, 9.17) is 6.42 Å². The summed E-state index contributed by atoms with van der Waals surface area (Å²) in [6, 6.07) is 0.548. The third-order valence-electron chi connectivity index (χ3n) is 2.31. The van der Waals surface area contributed by atoms with E-state index in [1.165, 1.54) is 0 Å². The van der Waals surface area contributed by atoms with Crippen molar-refractivity contribution in [2.24, 2.45) is 0 Å². The third kappa shape index (κ3) is 1.99. The molecule has 1 heterocycles. The molecule has 0 aromatic heterocycles. The van der Waals surface area contributed by atoms with Gasteiger partial charge in [0.05, 0.1) is 0 Å². The molecule has 0 radical (unpaired) electrons. The molecule has 3 heteroatoms. The molecule has 0 aromatic rings. The molecule has 1 fully saturated rings. The Hall–Kier alpha value is -1.01. The number of piperidine rings is 1. The van der Waals surface area contributed by atoms with Crippen LogP contribution in [0, 0.1) is 12.3 Å². The lowest BCUT2D eigenvalue weighted by Gasteiger charge is -2.30. The smallest absolute Gasteiger partial charge is 0.298 e. The molecule has 0 bridgehead atoms. The summed E-state index contributed by atoms with van der Waals surface area (Å²) in [5.41, 5.74) is 0. The van der Waals surface area contributed by atoms with Crippen LogP contribution in [0.2, 0.25) is 0 Å². The number of nitrogens with zero attached hydrogens (tertiary/aromatic N) is 1. The van der Waals surface area contributed by atoms with Crippen LogP contribution < -0.4 is 5.32 Å². The van der Waals surface area contributed by atoms with Crippen LogP contribution in [0.4, 0.5) is 0 Å². The van der Waals surface area contributed by atoms with Crippen molar-refractivity contribution >= 4 is 5.91 Å². The molecule has 3 nitrogen and oxygen atoms in total. The number of terminal acetylenes is 1. The number of amides is 1. The average molecular weight is 166 g/mol. The number of hydrogen-bond donors (Lipinski definition) is 1. The molecule has 0 spiro atoms. The van der Waals surface area contributed by atoms with E-state index in [1.807, 2.05) is 7.05 Å². The van der Waals surface area contributed by atoms with Crippen LogP contribution in [0.5, 0.6) is 0 Å². The summed E-state index contributed by atoms with van der Waals surface area (Å²) in [5, 5.41) is 3.19. The lowest BCUT2D eigenvalue weighted by molar-refractivity contribution is -0.126. The summed E-state index contributed by atoms with van der Waals surface area (Å²) in [4.78, 5) is 12.8. The number of likely N-dealkylation sites (tertiary alicyclic amines) is 1. The number of rotatable bonds is 1. The van der Waals surface area contributed by atoms with Crippen LogP contribution in [0.3, 0.4) is 0 Å². The van der Waals surface area contributed by atoms with Crippen molar-refractivity contribution in [3.05, 3.63) is 0 Å². The Morgan fingerprint density at radius 3 is 2.58 bits per heavy atom. The van der Waals surface area contributed by atoms with Crippen LogP contribution >= 0.6 is 0 Å². The summed E-state index contributed by atoms with van der Waals surface area (Å²) in [6.45, 7) is 1.57. The molecular formula is C9H14N2O. The molecule has 0 aliphatic carbocycles. The molecule has 1 rings (SSSR count). The second kappa shape index (κ2) is 4.13. The van der Waals surface area contributed by atoms with Crippen molar-refractivity contribution in [1.29, 1.82) is 0 Å². The maximum atomic E-state index is 11.0. The molecule has 1 N–H and O–H groups in total. The first-order chi connectivity index (χ1) is 5.77. The topological polar surface area (TPSA) is 32.3 Å². The molecule has 0 saturated carbocycles. The van der Waals surface area contributed by atoms with Gasteiger partial charge in [0.25, 0.3) is 5.91 Å². The minimum atomic E-state index is -0.176. The van der Waals surface area contributed by atoms with Gasteiger partial charge in [0, 0.05) is 19.1 Å². The maximum Gasteiger partial charge on any atom is 0.298 e. The quantitative estimate of drug-likeness (QED) is 0.548. The second-order valence-electron chi connectivity index (χ2n) is 3.00.